The van der Waals surface area contributed by atoms with Crippen molar-refractivity contribution in [2.45, 2.75) is 33.1 Å². The topological polar surface area (TPSA) is 93.6 Å². The summed E-state index contributed by atoms with van der Waals surface area (Å²) in [6.07, 6.45) is 0.538. The number of hydrogen-bond donors (Lipinski definition) is 0. The van der Waals surface area contributed by atoms with Crippen molar-refractivity contribution in [1.82, 2.24) is 4.98 Å². The summed E-state index contributed by atoms with van der Waals surface area (Å²) in [5, 5.41) is 0.675. The minimum absolute atomic E-state index is 0.0191. The van der Waals surface area contributed by atoms with Gasteiger partial charge in [-0.1, -0.05) is 32.0 Å². The van der Waals surface area contributed by atoms with Crippen molar-refractivity contribution in [2.24, 2.45) is 0 Å². The fourth-order valence-electron chi connectivity index (χ4n) is 3.94. The molecule has 0 aliphatic carbocycles. The second-order valence-electron chi connectivity index (χ2n) is 8.33. The van der Waals surface area contributed by atoms with E-state index in [1.807, 2.05) is 38.1 Å². The molecule has 2 aromatic carbocycles. The Morgan fingerprint density at radius 1 is 1.12 bits per heavy atom. The van der Waals surface area contributed by atoms with Crippen LogP contribution in [0.25, 0.3) is 10.9 Å². The molecule has 7 nitrogen and oxygen atoms in total. The van der Waals surface area contributed by atoms with Gasteiger partial charge in [-0.25, -0.2) is 13.2 Å². The van der Waals surface area contributed by atoms with E-state index in [4.69, 9.17) is 4.74 Å². The van der Waals surface area contributed by atoms with Gasteiger partial charge in [0.15, 0.2) is 12.4 Å². The monoisotopic (exact) mass is 466 g/mol. The SMILES string of the molecule is CCS(=O)(=O)N1CCc2cc(C(=O)COC(=O)c3cc(C(C)C)nc4ccccc34)ccc21. The van der Waals surface area contributed by atoms with Crippen LogP contribution in [0.4, 0.5) is 5.69 Å². The number of Topliss-reactive ketones (excluding diaryl/α,β-unsaturated/α-hetero) is 1. The number of anilines is 1. The van der Waals surface area contributed by atoms with Crippen LogP contribution in [-0.2, 0) is 21.2 Å². The third-order valence-corrected chi connectivity index (χ3v) is 7.62. The van der Waals surface area contributed by atoms with Gasteiger partial charge in [0.05, 0.1) is 22.5 Å². The molecule has 0 fully saturated rings. The highest BCUT2D eigenvalue weighted by atomic mass is 32.2. The Balaban J connectivity index is 1.52. The summed E-state index contributed by atoms with van der Waals surface area (Å²) >= 11 is 0. The van der Waals surface area contributed by atoms with E-state index in [9.17, 15) is 18.0 Å². The number of aromatic nitrogens is 1. The average molecular weight is 467 g/mol. The second-order valence-corrected chi connectivity index (χ2v) is 10.5. The largest absolute Gasteiger partial charge is 0.454 e. The average Bonchev–Trinajstić information content (AvgIpc) is 3.25. The van der Waals surface area contributed by atoms with Crippen molar-refractivity contribution >= 4 is 38.4 Å². The Hall–Kier alpha value is -3.26. The molecular formula is C25H26N2O5S. The van der Waals surface area contributed by atoms with E-state index < -0.39 is 22.6 Å². The molecule has 1 aromatic heterocycles. The molecule has 2 heterocycles. The van der Waals surface area contributed by atoms with Crippen LogP contribution < -0.4 is 4.31 Å². The molecule has 0 bridgehead atoms. The molecule has 0 amide bonds. The van der Waals surface area contributed by atoms with Gasteiger partial charge in [-0.15, -0.1) is 0 Å². The first-order valence-corrected chi connectivity index (χ1v) is 12.6. The molecule has 1 aliphatic heterocycles. The molecule has 0 N–H and O–H groups in total. The Morgan fingerprint density at radius 2 is 1.88 bits per heavy atom. The predicted molar refractivity (Wildman–Crippen MR) is 127 cm³/mol. The van der Waals surface area contributed by atoms with Crippen LogP contribution in [0.3, 0.4) is 0 Å². The van der Waals surface area contributed by atoms with Crippen LogP contribution in [0.2, 0.25) is 0 Å². The van der Waals surface area contributed by atoms with Gasteiger partial charge in [0.25, 0.3) is 0 Å². The summed E-state index contributed by atoms with van der Waals surface area (Å²) in [7, 11) is -3.35. The highest BCUT2D eigenvalue weighted by Crippen LogP contribution is 2.31. The molecule has 4 rings (SSSR count). The van der Waals surface area contributed by atoms with Crippen molar-refractivity contribution in [1.29, 1.82) is 0 Å². The molecular weight excluding hydrogens is 440 g/mol. The van der Waals surface area contributed by atoms with Gasteiger partial charge in [0.1, 0.15) is 0 Å². The molecule has 0 saturated heterocycles. The minimum Gasteiger partial charge on any atom is -0.454 e. The summed E-state index contributed by atoms with van der Waals surface area (Å²) in [6, 6.07) is 14.0. The first kappa shape index (κ1) is 22.9. The highest BCUT2D eigenvalue weighted by Gasteiger charge is 2.28. The van der Waals surface area contributed by atoms with Crippen LogP contribution in [0, 0.1) is 0 Å². The smallest absolute Gasteiger partial charge is 0.339 e. The van der Waals surface area contributed by atoms with E-state index in [2.05, 4.69) is 4.98 Å². The lowest BCUT2D eigenvalue weighted by molar-refractivity contribution is 0.0476. The number of sulfonamides is 1. The predicted octanol–water partition coefficient (Wildman–Crippen LogP) is 4.11. The van der Waals surface area contributed by atoms with Gasteiger partial charge in [-0.3, -0.25) is 14.1 Å². The van der Waals surface area contributed by atoms with Crippen LogP contribution in [0.5, 0.6) is 0 Å². The fourth-order valence-corrected chi connectivity index (χ4v) is 5.10. The normalized spacial score (nSPS) is 13.4. The van der Waals surface area contributed by atoms with Crippen molar-refractivity contribution < 1.29 is 22.7 Å². The fraction of sp³-hybridized carbons (Fsp3) is 0.320. The van der Waals surface area contributed by atoms with E-state index in [-0.39, 0.29) is 17.5 Å². The summed E-state index contributed by atoms with van der Waals surface area (Å²) < 4.78 is 31.3. The Labute approximate surface area is 193 Å². The lowest BCUT2D eigenvalue weighted by Crippen LogP contribution is -2.30. The first-order valence-electron chi connectivity index (χ1n) is 10.9. The zero-order chi connectivity index (χ0) is 23.8. The van der Waals surface area contributed by atoms with Gasteiger partial charge in [-0.05, 0) is 55.2 Å². The van der Waals surface area contributed by atoms with E-state index in [0.29, 0.717) is 40.7 Å². The number of nitrogens with zero attached hydrogens (tertiary/aromatic N) is 2. The maximum atomic E-state index is 12.9. The third kappa shape index (κ3) is 4.48. The zero-order valence-corrected chi connectivity index (χ0v) is 19.7. The number of hydrogen-bond acceptors (Lipinski definition) is 6. The molecule has 172 valence electrons. The molecule has 0 saturated carbocycles. The minimum atomic E-state index is -3.35. The molecule has 33 heavy (non-hydrogen) atoms. The standard InChI is InChI=1S/C25H26N2O5S/c1-4-33(30,31)27-12-11-17-13-18(9-10-23(17)27)24(28)15-32-25(29)20-14-22(16(2)3)26-21-8-6-5-7-19(20)21/h5-10,13-14,16H,4,11-12,15H2,1-3H3. The van der Waals surface area contributed by atoms with E-state index in [1.54, 1.807) is 31.2 Å². The van der Waals surface area contributed by atoms with Gasteiger partial charge >= 0.3 is 5.97 Å². The number of pyridine rings is 1. The number of para-hydroxylation sites is 1. The number of fused-ring (bicyclic) bond motifs is 2. The van der Waals surface area contributed by atoms with Gasteiger partial charge in [0, 0.05) is 23.2 Å². The summed E-state index contributed by atoms with van der Waals surface area (Å²) in [5.41, 5.74) is 3.65. The molecule has 0 radical (unpaired) electrons. The van der Waals surface area contributed by atoms with Crippen molar-refractivity contribution in [3.05, 3.63) is 70.9 Å². The molecule has 3 aromatic rings. The van der Waals surface area contributed by atoms with Gasteiger partial charge in [-0.2, -0.15) is 0 Å². The third-order valence-electron chi connectivity index (χ3n) is 5.84. The first-order chi connectivity index (χ1) is 15.7. The van der Waals surface area contributed by atoms with Crippen molar-refractivity contribution in [3.8, 4) is 0 Å². The number of carbonyl (C=O) groups excluding carboxylic acids is 2. The van der Waals surface area contributed by atoms with E-state index in [1.165, 1.54) is 4.31 Å². The molecule has 0 unspecified atom stereocenters. The lowest BCUT2D eigenvalue weighted by Gasteiger charge is -2.18. The van der Waals surface area contributed by atoms with Crippen LogP contribution >= 0.6 is 0 Å². The molecule has 0 spiro atoms. The summed E-state index contributed by atoms with van der Waals surface area (Å²) in [5.74, 6) is -0.772. The number of benzene rings is 2. The molecule has 1 aliphatic rings. The second kappa shape index (κ2) is 8.94. The van der Waals surface area contributed by atoms with E-state index >= 15 is 0 Å². The Kier molecular flexibility index (Phi) is 6.21. The highest BCUT2D eigenvalue weighted by molar-refractivity contribution is 7.92. The van der Waals surface area contributed by atoms with Crippen LogP contribution in [0.1, 0.15) is 58.7 Å². The number of ether oxygens (including phenoxy) is 1. The number of rotatable bonds is 7. The van der Waals surface area contributed by atoms with Crippen LogP contribution in [-0.4, -0.2) is 44.1 Å². The zero-order valence-electron chi connectivity index (χ0n) is 18.9. The maximum absolute atomic E-state index is 12.9. The quantitative estimate of drug-likeness (QED) is 0.384. The van der Waals surface area contributed by atoms with Crippen LogP contribution in [0.15, 0.2) is 48.5 Å². The number of ketones is 1. The Bertz CT molecular complexity index is 1350. The van der Waals surface area contributed by atoms with Crippen molar-refractivity contribution in [2.75, 3.05) is 23.2 Å². The lowest BCUT2D eigenvalue weighted by atomic mass is 10.0. The number of carbonyl (C=O) groups is 2. The van der Waals surface area contributed by atoms with E-state index in [0.717, 1.165) is 11.3 Å². The Morgan fingerprint density at radius 3 is 2.61 bits per heavy atom. The summed E-state index contributed by atoms with van der Waals surface area (Å²) in [4.78, 5) is 30.2. The molecule has 8 heteroatoms. The molecule has 0 atom stereocenters. The van der Waals surface area contributed by atoms with Crippen molar-refractivity contribution in [3.63, 3.8) is 0 Å². The van der Waals surface area contributed by atoms with Gasteiger partial charge < -0.3 is 4.74 Å². The van der Waals surface area contributed by atoms with Gasteiger partial charge in [0.2, 0.25) is 10.0 Å². The maximum Gasteiger partial charge on any atom is 0.339 e. The number of esters is 1. The summed E-state index contributed by atoms with van der Waals surface area (Å²) in [6.45, 7) is 5.57.